The summed E-state index contributed by atoms with van der Waals surface area (Å²) in [6.45, 7) is 11.6. The third-order valence-corrected chi connectivity index (χ3v) is 4.00. The molecule has 0 amide bonds. The molecule has 0 bridgehead atoms. The number of likely N-dealkylation sites (tertiary alicyclic amines) is 1. The number of nitrogens with one attached hydrogen (secondary N) is 1. The van der Waals surface area contributed by atoms with Crippen molar-refractivity contribution in [3.63, 3.8) is 0 Å². The van der Waals surface area contributed by atoms with Crippen molar-refractivity contribution < 1.29 is 0 Å². The molecule has 102 valence electrons. The van der Waals surface area contributed by atoms with E-state index in [4.69, 9.17) is 0 Å². The van der Waals surface area contributed by atoms with Crippen molar-refractivity contribution in [2.75, 3.05) is 46.3 Å². The molecule has 17 heavy (non-hydrogen) atoms. The quantitative estimate of drug-likeness (QED) is 0.654. The summed E-state index contributed by atoms with van der Waals surface area (Å²) in [5.41, 5.74) is 0. The normalized spacial score (nSPS) is 22.2. The van der Waals surface area contributed by atoms with Crippen LogP contribution in [0.1, 0.15) is 39.5 Å². The number of nitrogens with zero attached hydrogens (tertiary/aromatic N) is 2. The summed E-state index contributed by atoms with van der Waals surface area (Å²) in [6.07, 6.45) is 5.57. The van der Waals surface area contributed by atoms with E-state index in [-0.39, 0.29) is 0 Å². The fourth-order valence-corrected chi connectivity index (χ4v) is 2.68. The Morgan fingerprint density at radius 2 is 2.06 bits per heavy atom. The standard InChI is InChI=1S/C14H31N3/c1-4-15-10-13-17(5-2)12-9-14-8-6-7-11-16(14)3/h14-15H,4-13H2,1-3H3. The molecule has 0 aromatic carbocycles. The van der Waals surface area contributed by atoms with Gasteiger partial charge < -0.3 is 15.1 Å². The molecule has 0 aliphatic carbocycles. The minimum atomic E-state index is 0.830. The van der Waals surface area contributed by atoms with Crippen LogP contribution in [0, 0.1) is 0 Å². The maximum atomic E-state index is 3.41. The zero-order chi connectivity index (χ0) is 12.5. The lowest BCUT2D eigenvalue weighted by atomic mass is 10.00. The number of hydrogen-bond acceptors (Lipinski definition) is 3. The van der Waals surface area contributed by atoms with E-state index in [0.29, 0.717) is 0 Å². The molecule has 0 radical (unpaired) electrons. The molecule has 1 rings (SSSR count). The van der Waals surface area contributed by atoms with Gasteiger partial charge in [0, 0.05) is 19.1 Å². The predicted molar refractivity (Wildman–Crippen MR) is 75.5 cm³/mol. The lowest BCUT2D eigenvalue weighted by Gasteiger charge is -2.34. The molecule has 1 unspecified atom stereocenters. The molecular formula is C14H31N3. The first-order chi connectivity index (χ1) is 8.27. The first-order valence-electron chi connectivity index (χ1n) is 7.41. The molecule has 1 atom stereocenters. The highest BCUT2D eigenvalue weighted by Gasteiger charge is 2.18. The Kier molecular flexibility index (Phi) is 7.82. The van der Waals surface area contributed by atoms with Crippen LogP contribution >= 0.6 is 0 Å². The van der Waals surface area contributed by atoms with Crippen molar-refractivity contribution in [3.8, 4) is 0 Å². The van der Waals surface area contributed by atoms with Crippen LogP contribution in [-0.2, 0) is 0 Å². The topological polar surface area (TPSA) is 18.5 Å². The Morgan fingerprint density at radius 3 is 2.71 bits per heavy atom. The smallest absolute Gasteiger partial charge is 0.0107 e. The van der Waals surface area contributed by atoms with Crippen LogP contribution in [0.3, 0.4) is 0 Å². The van der Waals surface area contributed by atoms with Crippen molar-refractivity contribution in [2.45, 2.75) is 45.6 Å². The minimum absolute atomic E-state index is 0.830. The van der Waals surface area contributed by atoms with Crippen molar-refractivity contribution in [2.24, 2.45) is 0 Å². The van der Waals surface area contributed by atoms with E-state index in [1.807, 2.05) is 0 Å². The first kappa shape index (κ1) is 14.9. The highest BCUT2D eigenvalue weighted by molar-refractivity contribution is 4.75. The molecule has 0 aromatic heterocycles. The van der Waals surface area contributed by atoms with Gasteiger partial charge in [-0.25, -0.2) is 0 Å². The second-order valence-electron chi connectivity index (χ2n) is 5.21. The van der Waals surface area contributed by atoms with Gasteiger partial charge in [0.05, 0.1) is 0 Å². The van der Waals surface area contributed by atoms with Crippen molar-refractivity contribution in [1.29, 1.82) is 0 Å². The third-order valence-electron chi connectivity index (χ3n) is 4.00. The van der Waals surface area contributed by atoms with Gasteiger partial charge in [0.2, 0.25) is 0 Å². The predicted octanol–water partition coefficient (Wildman–Crippen LogP) is 1.79. The van der Waals surface area contributed by atoms with Gasteiger partial charge in [-0.15, -0.1) is 0 Å². The Bertz CT molecular complexity index is 184. The average Bonchev–Trinajstić information content (AvgIpc) is 2.35. The van der Waals surface area contributed by atoms with E-state index < -0.39 is 0 Å². The molecule has 1 aliphatic heterocycles. The van der Waals surface area contributed by atoms with Crippen LogP contribution < -0.4 is 5.32 Å². The first-order valence-corrected chi connectivity index (χ1v) is 7.41. The third kappa shape index (κ3) is 5.84. The number of rotatable bonds is 8. The Hall–Kier alpha value is -0.120. The molecule has 0 spiro atoms. The van der Waals surface area contributed by atoms with Crippen LogP contribution in [0.4, 0.5) is 0 Å². The minimum Gasteiger partial charge on any atom is -0.316 e. The summed E-state index contributed by atoms with van der Waals surface area (Å²) >= 11 is 0. The second-order valence-corrected chi connectivity index (χ2v) is 5.21. The summed E-state index contributed by atoms with van der Waals surface area (Å²) in [6, 6.07) is 0.830. The van der Waals surface area contributed by atoms with Crippen LogP contribution in [0.25, 0.3) is 0 Å². The van der Waals surface area contributed by atoms with E-state index in [9.17, 15) is 0 Å². The van der Waals surface area contributed by atoms with E-state index in [1.165, 1.54) is 51.9 Å². The van der Waals surface area contributed by atoms with Crippen molar-refractivity contribution in [1.82, 2.24) is 15.1 Å². The fraction of sp³-hybridized carbons (Fsp3) is 1.00. The van der Waals surface area contributed by atoms with Gasteiger partial charge >= 0.3 is 0 Å². The van der Waals surface area contributed by atoms with Crippen LogP contribution in [0.2, 0.25) is 0 Å². The van der Waals surface area contributed by atoms with E-state index >= 15 is 0 Å². The molecule has 1 aliphatic rings. The van der Waals surface area contributed by atoms with E-state index in [1.54, 1.807) is 0 Å². The Labute approximate surface area is 108 Å². The zero-order valence-corrected chi connectivity index (χ0v) is 12.0. The molecule has 3 heteroatoms. The molecule has 0 saturated carbocycles. The van der Waals surface area contributed by atoms with Gasteiger partial charge in [0.1, 0.15) is 0 Å². The lowest BCUT2D eigenvalue weighted by Crippen LogP contribution is -2.40. The van der Waals surface area contributed by atoms with Crippen LogP contribution in [0.15, 0.2) is 0 Å². The summed E-state index contributed by atoms with van der Waals surface area (Å²) in [5, 5.41) is 3.41. The Morgan fingerprint density at radius 1 is 1.24 bits per heavy atom. The van der Waals surface area contributed by atoms with Gasteiger partial charge in [-0.3, -0.25) is 0 Å². The van der Waals surface area contributed by atoms with E-state index in [0.717, 1.165) is 19.1 Å². The maximum Gasteiger partial charge on any atom is 0.0107 e. The van der Waals surface area contributed by atoms with Crippen molar-refractivity contribution in [3.05, 3.63) is 0 Å². The SMILES string of the molecule is CCNCCN(CC)CCC1CCCCN1C. The molecule has 0 aromatic rings. The monoisotopic (exact) mass is 241 g/mol. The highest BCUT2D eigenvalue weighted by atomic mass is 15.2. The molecule has 1 heterocycles. The summed E-state index contributed by atoms with van der Waals surface area (Å²) in [4.78, 5) is 5.13. The van der Waals surface area contributed by atoms with Gasteiger partial charge in [-0.1, -0.05) is 20.3 Å². The number of hydrogen-bond donors (Lipinski definition) is 1. The van der Waals surface area contributed by atoms with Crippen LogP contribution in [0.5, 0.6) is 0 Å². The number of likely N-dealkylation sites (N-methyl/N-ethyl adjacent to an activating group) is 2. The van der Waals surface area contributed by atoms with Gasteiger partial charge in [0.25, 0.3) is 0 Å². The molecular weight excluding hydrogens is 210 g/mol. The average molecular weight is 241 g/mol. The zero-order valence-electron chi connectivity index (χ0n) is 12.0. The lowest BCUT2D eigenvalue weighted by molar-refractivity contribution is 0.155. The largest absolute Gasteiger partial charge is 0.316 e. The van der Waals surface area contributed by atoms with Crippen molar-refractivity contribution >= 4 is 0 Å². The van der Waals surface area contributed by atoms with Crippen LogP contribution in [-0.4, -0.2) is 62.2 Å². The summed E-state index contributed by atoms with van der Waals surface area (Å²) < 4.78 is 0. The molecule has 1 saturated heterocycles. The summed E-state index contributed by atoms with van der Waals surface area (Å²) in [7, 11) is 2.29. The van der Waals surface area contributed by atoms with Gasteiger partial charge in [-0.2, -0.15) is 0 Å². The molecule has 1 fully saturated rings. The highest BCUT2D eigenvalue weighted by Crippen LogP contribution is 2.17. The fourth-order valence-electron chi connectivity index (χ4n) is 2.68. The maximum absolute atomic E-state index is 3.41. The van der Waals surface area contributed by atoms with Gasteiger partial charge in [-0.05, 0) is 52.5 Å². The molecule has 3 nitrogen and oxygen atoms in total. The summed E-state index contributed by atoms with van der Waals surface area (Å²) in [5.74, 6) is 0. The molecule has 1 N–H and O–H groups in total. The van der Waals surface area contributed by atoms with E-state index in [2.05, 4.69) is 36.0 Å². The number of piperidine rings is 1. The van der Waals surface area contributed by atoms with Gasteiger partial charge in [0.15, 0.2) is 0 Å². The Balaban J connectivity index is 2.16. The second kappa shape index (κ2) is 8.90.